The van der Waals surface area contributed by atoms with Gasteiger partial charge in [-0.2, -0.15) is 5.10 Å². The van der Waals surface area contributed by atoms with Crippen molar-refractivity contribution in [3.05, 3.63) is 87.7 Å². The Bertz CT molecular complexity index is 1260. The number of rotatable bonds is 3. The molecule has 0 radical (unpaired) electrons. The average Bonchev–Trinajstić information content (AvgIpc) is 3.28. The van der Waals surface area contributed by atoms with Crippen LogP contribution in [0.2, 0.25) is 0 Å². The first-order chi connectivity index (χ1) is 13.6. The number of hydrogen-bond acceptors (Lipinski definition) is 3. The van der Waals surface area contributed by atoms with Gasteiger partial charge in [-0.05, 0) is 61.2 Å². The second-order valence-corrected chi connectivity index (χ2v) is 6.95. The van der Waals surface area contributed by atoms with Crippen LogP contribution >= 0.6 is 0 Å². The van der Waals surface area contributed by atoms with Crippen LogP contribution in [0.3, 0.4) is 0 Å². The molecule has 0 N–H and O–H groups in total. The Kier molecular flexibility index (Phi) is 3.82. The molecule has 0 atom stereocenters. The van der Waals surface area contributed by atoms with Crippen molar-refractivity contribution in [3.63, 3.8) is 0 Å². The topological polar surface area (TPSA) is 52.7 Å². The first kappa shape index (κ1) is 16.8. The lowest BCUT2D eigenvalue weighted by molar-refractivity contribution is 0.626. The van der Waals surface area contributed by atoms with Crippen LogP contribution in [-0.2, 0) is 19.4 Å². The van der Waals surface area contributed by atoms with Gasteiger partial charge in [0.1, 0.15) is 11.6 Å². The summed E-state index contributed by atoms with van der Waals surface area (Å²) in [5.41, 5.74) is 3.95. The molecule has 1 aliphatic carbocycles. The monoisotopic (exact) mass is 378 g/mol. The van der Waals surface area contributed by atoms with Crippen LogP contribution in [0.25, 0.3) is 16.6 Å². The molecule has 0 saturated carbocycles. The molecule has 0 fully saturated rings. The molecular formula is C21H16F2N4O. The zero-order chi connectivity index (χ0) is 19.3. The molecule has 0 aliphatic heterocycles. The standard InChI is InChI=1S/C21H16F2N4O/c22-13-4-7-15(8-5-13)27-20-3-1-2-16(20)19(25-27)11-26-12-24-18-10-14(23)6-9-17(18)21(26)28/h4-10,12H,1-3,11H2. The Morgan fingerprint density at radius 1 is 1.00 bits per heavy atom. The van der Waals surface area contributed by atoms with Crippen molar-refractivity contribution in [2.75, 3.05) is 0 Å². The van der Waals surface area contributed by atoms with Crippen LogP contribution in [0.1, 0.15) is 23.4 Å². The number of aromatic nitrogens is 4. The molecule has 0 spiro atoms. The summed E-state index contributed by atoms with van der Waals surface area (Å²) < 4.78 is 30.0. The van der Waals surface area contributed by atoms with E-state index in [2.05, 4.69) is 4.98 Å². The van der Waals surface area contributed by atoms with E-state index in [-0.39, 0.29) is 17.9 Å². The minimum absolute atomic E-state index is 0.229. The van der Waals surface area contributed by atoms with Crippen LogP contribution in [0.5, 0.6) is 0 Å². The number of nitrogens with zero attached hydrogens (tertiary/aromatic N) is 4. The molecule has 0 unspecified atom stereocenters. The maximum atomic E-state index is 13.4. The molecule has 5 rings (SSSR count). The van der Waals surface area contributed by atoms with Crippen molar-refractivity contribution < 1.29 is 8.78 Å². The van der Waals surface area contributed by atoms with E-state index < -0.39 is 5.82 Å². The highest BCUT2D eigenvalue weighted by molar-refractivity contribution is 5.77. The molecule has 2 heterocycles. The lowest BCUT2D eigenvalue weighted by Gasteiger charge is -2.07. The van der Waals surface area contributed by atoms with Gasteiger partial charge in [-0.3, -0.25) is 9.36 Å². The molecule has 28 heavy (non-hydrogen) atoms. The Morgan fingerprint density at radius 3 is 2.61 bits per heavy atom. The molecule has 2 aromatic carbocycles. The van der Waals surface area contributed by atoms with Gasteiger partial charge in [0.15, 0.2) is 0 Å². The number of hydrogen-bond donors (Lipinski definition) is 0. The Hall–Kier alpha value is -3.35. The van der Waals surface area contributed by atoms with Crippen molar-refractivity contribution >= 4 is 10.9 Å². The second-order valence-electron chi connectivity index (χ2n) is 6.95. The minimum atomic E-state index is -0.423. The first-order valence-corrected chi connectivity index (χ1v) is 9.10. The molecule has 0 saturated heterocycles. The van der Waals surface area contributed by atoms with Crippen molar-refractivity contribution in [1.82, 2.24) is 19.3 Å². The summed E-state index contributed by atoms with van der Waals surface area (Å²) in [5.74, 6) is -0.717. The summed E-state index contributed by atoms with van der Waals surface area (Å²) in [6, 6.07) is 10.2. The Balaban J connectivity index is 1.58. The van der Waals surface area contributed by atoms with E-state index in [4.69, 9.17) is 5.10 Å². The zero-order valence-electron chi connectivity index (χ0n) is 14.9. The smallest absolute Gasteiger partial charge is 0.261 e. The van der Waals surface area contributed by atoms with E-state index in [0.717, 1.165) is 41.9 Å². The third-order valence-electron chi connectivity index (χ3n) is 5.19. The molecule has 4 aromatic rings. The normalized spacial score (nSPS) is 13.2. The fraction of sp³-hybridized carbons (Fsp3) is 0.190. The average molecular weight is 378 g/mol. The van der Waals surface area contributed by atoms with Gasteiger partial charge >= 0.3 is 0 Å². The summed E-state index contributed by atoms with van der Waals surface area (Å²) in [6.07, 6.45) is 4.24. The highest BCUT2D eigenvalue weighted by atomic mass is 19.1. The SMILES string of the molecule is O=c1c2ccc(F)cc2ncn1Cc1nn(-c2ccc(F)cc2)c2c1CCC2. The largest absolute Gasteiger partial charge is 0.293 e. The molecule has 2 aromatic heterocycles. The Labute approximate surface area is 158 Å². The quantitative estimate of drug-likeness (QED) is 0.549. The first-order valence-electron chi connectivity index (χ1n) is 9.10. The fourth-order valence-electron chi connectivity index (χ4n) is 3.84. The van der Waals surface area contributed by atoms with Crippen molar-refractivity contribution in [3.8, 4) is 5.69 Å². The summed E-state index contributed by atoms with van der Waals surface area (Å²) in [6.45, 7) is 0.287. The third-order valence-corrected chi connectivity index (χ3v) is 5.19. The van der Waals surface area contributed by atoms with Crippen LogP contribution in [0.15, 0.2) is 53.6 Å². The number of benzene rings is 2. The van der Waals surface area contributed by atoms with E-state index in [9.17, 15) is 13.6 Å². The van der Waals surface area contributed by atoms with Crippen molar-refractivity contribution in [2.45, 2.75) is 25.8 Å². The zero-order valence-corrected chi connectivity index (χ0v) is 14.9. The summed E-state index contributed by atoms with van der Waals surface area (Å²) in [4.78, 5) is 17.0. The highest BCUT2D eigenvalue weighted by Gasteiger charge is 2.23. The van der Waals surface area contributed by atoms with Gasteiger partial charge in [0.25, 0.3) is 5.56 Å². The predicted molar refractivity (Wildman–Crippen MR) is 101 cm³/mol. The molecule has 7 heteroatoms. The van der Waals surface area contributed by atoms with E-state index in [0.29, 0.717) is 10.9 Å². The molecule has 1 aliphatic rings. The van der Waals surface area contributed by atoms with Crippen molar-refractivity contribution in [2.24, 2.45) is 0 Å². The lowest BCUT2D eigenvalue weighted by Crippen LogP contribution is -2.22. The molecule has 0 bridgehead atoms. The Morgan fingerprint density at radius 2 is 1.79 bits per heavy atom. The lowest BCUT2D eigenvalue weighted by atomic mass is 10.2. The maximum Gasteiger partial charge on any atom is 0.261 e. The number of fused-ring (bicyclic) bond motifs is 2. The molecular weight excluding hydrogens is 362 g/mol. The van der Waals surface area contributed by atoms with E-state index >= 15 is 0 Å². The van der Waals surface area contributed by atoms with Gasteiger partial charge in [0.2, 0.25) is 0 Å². The van der Waals surface area contributed by atoms with Gasteiger partial charge in [-0.25, -0.2) is 18.4 Å². The van der Waals surface area contributed by atoms with E-state index in [1.165, 1.54) is 41.2 Å². The molecule has 0 amide bonds. The molecule has 5 nitrogen and oxygen atoms in total. The van der Waals surface area contributed by atoms with Gasteiger partial charge in [-0.1, -0.05) is 0 Å². The van der Waals surface area contributed by atoms with E-state index in [1.807, 2.05) is 4.68 Å². The van der Waals surface area contributed by atoms with Crippen LogP contribution < -0.4 is 5.56 Å². The summed E-state index contributed by atoms with van der Waals surface area (Å²) in [7, 11) is 0. The maximum absolute atomic E-state index is 13.4. The van der Waals surface area contributed by atoms with Gasteiger partial charge in [0, 0.05) is 11.8 Å². The van der Waals surface area contributed by atoms with Crippen LogP contribution in [-0.4, -0.2) is 19.3 Å². The number of halogens is 2. The van der Waals surface area contributed by atoms with Crippen LogP contribution in [0.4, 0.5) is 8.78 Å². The molecule has 140 valence electrons. The van der Waals surface area contributed by atoms with E-state index in [1.54, 1.807) is 12.1 Å². The van der Waals surface area contributed by atoms with Gasteiger partial charge in [-0.15, -0.1) is 0 Å². The van der Waals surface area contributed by atoms with Gasteiger partial charge in [0.05, 0.1) is 35.2 Å². The third kappa shape index (κ3) is 2.70. The predicted octanol–water partition coefficient (Wildman–Crippen LogP) is 3.40. The van der Waals surface area contributed by atoms with Crippen LogP contribution in [0, 0.1) is 11.6 Å². The highest BCUT2D eigenvalue weighted by Crippen LogP contribution is 2.28. The van der Waals surface area contributed by atoms with Crippen molar-refractivity contribution in [1.29, 1.82) is 0 Å². The minimum Gasteiger partial charge on any atom is -0.293 e. The van der Waals surface area contributed by atoms with Gasteiger partial charge < -0.3 is 0 Å². The summed E-state index contributed by atoms with van der Waals surface area (Å²) >= 11 is 0. The fourth-order valence-corrected chi connectivity index (χ4v) is 3.84. The summed E-state index contributed by atoms with van der Waals surface area (Å²) in [5, 5.41) is 5.08. The second kappa shape index (κ2) is 6.37.